The van der Waals surface area contributed by atoms with Gasteiger partial charge in [0.15, 0.2) is 10.3 Å². The molecular weight excluding hydrogens is 414 g/mol. The summed E-state index contributed by atoms with van der Waals surface area (Å²) in [6.07, 6.45) is 3.36. The second-order valence-corrected chi connectivity index (χ2v) is 8.06. The summed E-state index contributed by atoms with van der Waals surface area (Å²) >= 11 is 2.80. The third-order valence-corrected chi connectivity index (χ3v) is 6.07. The maximum absolute atomic E-state index is 13.0. The summed E-state index contributed by atoms with van der Waals surface area (Å²) in [5.41, 5.74) is 2.83. The van der Waals surface area contributed by atoms with Gasteiger partial charge in [-0.2, -0.15) is 0 Å². The molecule has 8 heteroatoms. The van der Waals surface area contributed by atoms with E-state index in [1.807, 2.05) is 70.6 Å². The largest absolute Gasteiger partial charge is 0.284 e. The fourth-order valence-corrected chi connectivity index (χ4v) is 4.50. The van der Waals surface area contributed by atoms with Crippen molar-refractivity contribution in [2.45, 2.75) is 5.16 Å². The first-order valence-electron chi connectivity index (χ1n) is 9.26. The van der Waals surface area contributed by atoms with E-state index in [1.165, 1.54) is 23.1 Å². The van der Waals surface area contributed by atoms with E-state index in [2.05, 4.69) is 21.8 Å². The molecule has 0 atom stereocenters. The van der Waals surface area contributed by atoms with Crippen molar-refractivity contribution in [3.63, 3.8) is 0 Å². The van der Waals surface area contributed by atoms with Gasteiger partial charge in [0.1, 0.15) is 6.33 Å². The molecule has 2 heterocycles. The summed E-state index contributed by atoms with van der Waals surface area (Å²) in [5.74, 6) is 0.163. The van der Waals surface area contributed by atoms with Crippen LogP contribution in [0.15, 0.2) is 90.2 Å². The van der Waals surface area contributed by atoms with Gasteiger partial charge >= 0.3 is 0 Å². The number of benzene rings is 2. The number of thiazole rings is 1. The predicted octanol–water partition coefficient (Wildman–Crippen LogP) is 4.70. The zero-order valence-corrected chi connectivity index (χ0v) is 17.7. The number of amides is 1. The lowest BCUT2D eigenvalue weighted by Gasteiger charge is -2.17. The van der Waals surface area contributed by atoms with Crippen LogP contribution < -0.4 is 4.90 Å². The zero-order valence-electron chi connectivity index (χ0n) is 16.1. The molecule has 0 radical (unpaired) electrons. The van der Waals surface area contributed by atoms with E-state index in [1.54, 1.807) is 17.3 Å². The molecule has 0 saturated carbocycles. The first kappa shape index (κ1) is 20.1. The van der Waals surface area contributed by atoms with Gasteiger partial charge in [0, 0.05) is 23.2 Å². The van der Waals surface area contributed by atoms with Crippen LogP contribution in [-0.2, 0) is 4.79 Å². The molecule has 30 heavy (non-hydrogen) atoms. The number of carbonyl (C=O) groups is 1. The summed E-state index contributed by atoms with van der Waals surface area (Å²) in [6.45, 7) is 4.18. The van der Waals surface area contributed by atoms with Crippen LogP contribution in [0.5, 0.6) is 0 Å². The Kier molecular flexibility index (Phi) is 6.36. The molecule has 0 saturated heterocycles. The van der Waals surface area contributed by atoms with E-state index in [9.17, 15) is 4.79 Å². The van der Waals surface area contributed by atoms with E-state index in [4.69, 9.17) is 0 Å². The zero-order chi connectivity index (χ0) is 20.8. The molecule has 0 fully saturated rings. The number of para-hydroxylation sites is 1. The fourth-order valence-electron chi connectivity index (χ4n) is 2.84. The fraction of sp³-hybridized carbons (Fsp3) is 0.0909. The Balaban J connectivity index is 1.48. The van der Waals surface area contributed by atoms with Crippen LogP contribution >= 0.6 is 23.1 Å². The Morgan fingerprint density at radius 3 is 2.60 bits per heavy atom. The van der Waals surface area contributed by atoms with E-state index >= 15 is 0 Å². The van der Waals surface area contributed by atoms with Crippen LogP contribution in [0.25, 0.3) is 16.9 Å². The van der Waals surface area contributed by atoms with Gasteiger partial charge in [0.2, 0.25) is 5.91 Å². The lowest BCUT2D eigenvalue weighted by Crippen LogP contribution is -2.32. The van der Waals surface area contributed by atoms with Gasteiger partial charge in [-0.15, -0.1) is 28.1 Å². The third-order valence-electron chi connectivity index (χ3n) is 4.28. The van der Waals surface area contributed by atoms with Crippen LogP contribution in [0.1, 0.15) is 0 Å². The lowest BCUT2D eigenvalue weighted by molar-refractivity contribution is -0.116. The molecule has 4 rings (SSSR count). The molecule has 0 aliphatic heterocycles. The van der Waals surface area contributed by atoms with Crippen molar-refractivity contribution in [2.24, 2.45) is 0 Å². The van der Waals surface area contributed by atoms with E-state index < -0.39 is 0 Å². The molecule has 0 aliphatic carbocycles. The highest BCUT2D eigenvalue weighted by molar-refractivity contribution is 7.99. The van der Waals surface area contributed by atoms with Crippen LogP contribution in [0.2, 0.25) is 0 Å². The molecule has 0 N–H and O–H groups in total. The molecule has 1 amide bonds. The second kappa shape index (κ2) is 9.51. The van der Waals surface area contributed by atoms with Crippen molar-refractivity contribution < 1.29 is 4.79 Å². The standard InChI is InChI=1S/C22H19N5OS2/c1-2-13-26(21-24-19(14-29-21)17-9-5-3-6-10-17)20(28)15-30-22-25-23-16-27(22)18-11-7-4-8-12-18/h2-12,14,16H,1,13,15H2. The van der Waals surface area contributed by atoms with Crippen molar-refractivity contribution in [1.82, 2.24) is 19.7 Å². The Bertz CT molecular complexity index is 1120. The minimum absolute atomic E-state index is 0.0588. The minimum Gasteiger partial charge on any atom is -0.284 e. The quantitative estimate of drug-likeness (QED) is 0.298. The van der Waals surface area contributed by atoms with Crippen molar-refractivity contribution >= 4 is 34.1 Å². The molecular formula is C22H19N5OS2. The molecule has 0 aliphatic rings. The number of nitrogens with zero attached hydrogens (tertiary/aromatic N) is 5. The number of carbonyl (C=O) groups excluding carboxylic acids is 1. The minimum atomic E-state index is -0.0588. The first-order valence-corrected chi connectivity index (χ1v) is 11.1. The summed E-state index contributed by atoms with van der Waals surface area (Å²) in [4.78, 5) is 19.3. The van der Waals surface area contributed by atoms with Crippen molar-refractivity contribution in [1.29, 1.82) is 0 Å². The van der Waals surface area contributed by atoms with E-state index in [0.717, 1.165) is 16.9 Å². The highest BCUT2D eigenvalue weighted by Crippen LogP contribution is 2.28. The maximum Gasteiger partial charge on any atom is 0.239 e. The number of aromatic nitrogens is 4. The molecule has 6 nitrogen and oxygen atoms in total. The maximum atomic E-state index is 13.0. The number of thioether (sulfide) groups is 1. The number of hydrogen-bond donors (Lipinski definition) is 0. The average Bonchev–Trinajstić information content (AvgIpc) is 3.47. The summed E-state index contributed by atoms with van der Waals surface area (Å²) < 4.78 is 1.87. The smallest absolute Gasteiger partial charge is 0.239 e. The Morgan fingerprint density at radius 1 is 1.13 bits per heavy atom. The van der Waals surface area contributed by atoms with Gasteiger partial charge in [0.05, 0.1) is 11.4 Å². The Hall–Kier alpha value is -3.23. The molecule has 0 spiro atoms. The molecule has 0 bridgehead atoms. The van der Waals surface area contributed by atoms with E-state index in [0.29, 0.717) is 16.8 Å². The molecule has 150 valence electrons. The first-order chi connectivity index (χ1) is 14.8. The monoisotopic (exact) mass is 433 g/mol. The topological polar surface area (TPSA) is 63.9 Å². The average molecular weight is 434 g/mol. The number of hydrogen-bond acceptors (Lipinski definition) is 6. The highest BCUT2D eigenvalue weighted by atomic mass is 32.2. The van der Waals surface area contributed by atoms with Crippen molar-refractivity contribution in [2.75, 3.05) is 17.2 Å². The SMILES string of the molecule is C=CCN(C(=O)CSc1nncn1-c1ccccc1)c1nc(-c2ccccc2)cs1. The second-order valence-electron chi connectivity index (χ2n) is 6.28. The molecule has 2 aromatic carbocycles. The Morgan fingerprint density at radius 2 is 1.87 bits per heavy atom. The van der Waals surface area contributed by atoms with E-state index in [-0.39, 0.29) is 11.7 Å². The van der Waals surface area contributed by atoms with Gasteiger partial charge in [-0.25, -0.2) is 4.98 Å². The van der Waals surface area contributed by atoms with Gasteiger partial charge in [-0.1, -0.05) is 66.4 Å². The summed E-state index contributed by atoms with van der Waals surface area (Å²) in [7, 11) is 0. The third kappa shape index (κ3) is 4.50. The molecule has 2 aromatic heterocycles. The molecule has 4 aromatic rings. The lowest BCUT2D eigenvalue weighted by atomic mass is 10.2. The van der Waals surface area contributed by atoms with Crippen LogP contribution in [-0.4, -0.2) is 38.0 Å². The van der Waals surface area contributed by atoms with Crippen molar-refractivity contribution in [3.8, 4) is 16.9 Å². The van der Waals surface area contributed by atoms with Gasteiger partial charge in [0.25, 0.3) is 0 Å². The normalized spacial score (nSPS) is 10.7. The van der Waals surface area contributed by atoms with Crippen LogP contribution in [0, 0.1) is 0 Å². The Labute approximate surface area is 182 Å². The van der Waals surface area contributed by atoms with Gasteiger partial charge in [-0.05, 0) is 12.1 Å². The summed E-state index contributed by atoms with van der Waals surface area (Å²) in [5, 5.41) is 11.4. The van der Waals surface area contributed by atoms with Gasteiger partial charge in [-0.3, -0.25) is 14.3 Å². The van der Waals surface area contributed by atoms with Crippen LogP contribution in [0.4, 0.5) is 5.13 Å². The molecule has 0 unspecified atom stereocenters. The predicted molar refractivity (Wildman–Crippen MR) is 122 cm³/mol. The number of anilines is 1. The number of rotatable bonds is 8. The highest BCUT2D eigenvalue weighted by Gasteiger charge is 2.20. The van der Waals surface area contributed by atoms with Crippen molar-refractivity contribution in [3.05, 3.63) is 85.0 Å². The summed E-state index contributed by atoms with van der Waals surface area (Å²) in [6, 6.07) is 19.7. The van der Waals surface area contributed by atoms with Crippen LogP contribution in [0.3, 0.4) is 0 Å². The van der Waals surface area contributed by atoms with Gasteiger partial charge < -0.3 is 0 Å².